The third kappa shape index (κ3) is 3.15. The van der Waals surface area contributed by atoms with Crippen LogP contribution in [0.15, 0.2) is 33.2 Å². The van der Waals surface area contributed by atoms with Crippen molar-refractivity contribution >= 4 is 27.3 Å². The number of carbonyl (C=O) groups is 1. The van der Waals surface area contributed by atoms with Gasteiger partial charge in [-0.2, -0.15) is 0 Å². The number of hydrogen-bond acceptors (Lipinski definition) is 5. The Hall–Kier alpha value is -2.67. The molecule has 3 rings (SSSR count). The van der Waals surface area contributed by atoms with Gasteiger partial charge in [-0.05, 0) is 26.0 Å². The quantitative estimate of drug-likeness (QED) is 0.760. The van der Waals surface area contributed by atoms with Crippen LogP contribution in [0.2, 0.25) is 0 Å². The number of hydrogen-bond donors (Lipinski definition) is 1. The molecule has 1 aromatic carbocycles. The number of benzene rings is 1. The summed E-state index contributed by atoms with van der Waals surface area (Å²) in [6.07, 6.45) is 0.141. The van der Waals surface area contributed by atoms with Crippen LogP contribution < -0.4 is 16.0 Å². The summed E-state index contributed by atoms with van der Waals surface area (Å²) in [5.74, 6) is 0.587. The number of Topliss-reactive ketones (excluding diaryl/α,β-unsaturated/α-hetero) is 1. The van der Waals surface area contributed by atoms with Crippen molar-refractivity contribution in [3.05, 3.63) is 50.0 Å². The molecular weight excluding hydrogens is 340 g/mol. The molecule has 0 radical (unpaired) electrons. The summed E-state index contributed by atoms with van der Waals surface area (Å²) in [4.78, 5) is 39.5. The van der Waals surface area contributed by atoms with Gasteiger partial charge in [0.1, 0.15) is 16.4 Å². The number of aromatic nitrogens is 2. The van der Waals surface area contributed by atoms with E-state index in [0.717, 1.165) is 21.3 Å². The molecule has 0 atom stereocenters. The number of carbonyl (C=O) groups excluding carboxylic acids is 1. The Morgan fingerprint density at radius 3 is 2.72 bits per heavy atom. The molecule has 2 aromatic heterocycles. The second-order valence-electron chi connectivity index (χ2n) is 5.90. The van der Waals surface area contributed by atoms with Crippen LogP contribution in [0, 0.1) is 6.92 Å². The number of ketones is 1. The molecule has 3 aromatic rings. The van der Waals surface area contributed by atoms with Crippen molar-refractivity contribution in [1.82, 2.24) is 9.55 Å². The highest BCUT2D eigenvalue weighted by molar-refractivity contribution is 7.17. The normalized spacial score (nSPS) is 11.0. The molecular formula is C18H18N2O4S. The maximum absolute atomic E-state index is 12.9. The van der Waals surface area contributed by atoms with Gasteiger partial charge in [-0.25, -0.2) is 4.79 Å². The Bertz CT molecular complexity index is 1070. The Kier molecular flexibility index (Phi) is 4.59. The average Bonchev–Trinajstić information content (AvgIpc) is 2.98. The fraction of sp³-hybridized carbons (Fsp3) is 0.278. The highest BCUT2D eigenvalue weighted by atomic mass is 32.1. The Balaban J connectivity index is 2.27. The molecule has 0 aliphatic rings. The van der Waals surface area contributed by atoms with Gasteiger partial charge >= 0.3 is 5.69 Å². The molecule has 130 valence electrons. The van der Waals surface area contributed by atoms with Crippen molar-refractivity contribution < 1.29 is 9.53 Å². The lowest BCUT2D eigenvalue weighted by Gasteiger charge is -2.09. The zero-order valence-corrected chi connectivity index (χ0v) is 15.0. The molecule has 0 unspecified atom stereocenters. The van der Waals surface area contributed by atoms with Crippen LogP contribution >= 0.6 is 11.3 Å². The van der Waals surface area contributed by atoms with Crippen LogP contribution in [-0.2, 0) is 11.3 Å². The molecule has 0 spiro atoms. The third-order valence-corrected chi connectivity index (χ3v) is 4.94. The molecule has 25 heavy (non-hydrogen) atoms. The SMILES string of the molecule is COc1ccc(C)cc1-c1csc2[nH]c(=O)n(CCC(C)=O)c(=O)c12. The third-order valence-electron chi connectivity index (χ3n) is 4.05. The topological polar surface area (TPSA) is 81.2 Å². The van der Waals surface area contributed by atoms with Crippen LogP contribution in [0.1, 0.15) is 18.9 Å². The lowest BCUT2D eigenvalue weighted by molar-refractivity contribution is -0.117. The van der Waals surface area contributed by atoms with E-state index in [0.29, 0.717) is 16.0 Å². The highest BCUT2D eigenvalue weighted by Gasteiger charge is 2.17. The van der Waals surface area contributed by atoms with E-state index >= 15 is 0 Å². The van der Waals surface area contributed by atoms with Gasteiger partial charge in [-0.1, -0.05) is 11.6 Å². The Labute approximate surface area is 147 Å². The molecule has 0 aliphatic carbocycles. The standard InChI is InChI=1S/C18H18N2O4S/c1-10-4-5-14(24-3)12(8-10)13-9-25-16-15(13)17(22)20(18(23)19-16)7-6-11(2)21/h4-5,8-9H,6-7H2,1-3H3,(H,19,23). The van der Waals surface area contributed by atoms with Crippen LogP contribution in [0.25, 0.3) is 21.3 Å². The van der Waals surface area contributed by atoms with Gasteiger partial charge in [0, 0.05) is 29.5 Å². The minimum Gasteiger partial charge on any atom is -0.496 e. The van der Waals surface area contributed by atoms with Crippen LogP contribution in [0.5, 0.6) is 5.75 Å². The smallest absolute Gasteiger partial charge is 0.329 e. The number of methoxy groups -OCH3 is 1. The predicted molar refractivity (Wildman–Crippen MR) is 98.7 cm³/mol. The van der Waals surface area contributed by atoms with E-state index in [1.807, 2.05) is 30.5 Å². The summed E-state index contributed by atoms with van der Waals surface area (Å²) in [5.41, 5.74) is 1.68. The number of H-pyrrole nitrogens is 1. The first kappa shape index (κ1) is 17.2. The summed E-state index contributed by atoms with van der Waals surface area (Å²) in [5, 5.41) is 2.28. The Morgan fingerprint density at radius 1 is 1.28 bits per heavy atom. The largest absolute Gasteiger partial charge is 0.496 e. The predicted octanol–water partition coefficient (Wildman–Crippen LogP) is 2.71. The van der Waals surface area contributed by atoms with Crippen molar-refractivity contribution in [3.63, 3.8) is 0 Å². The number of fused-ring (bicyclic) bond motifs is 1. The lowest BCUT2D eigenvalue weighted by atomic mass is 10.0. The van der Waals surface area contributed by atoms with Gasteiger partial charge in [0.15, 0.2) is 0 Å². The maximum Gasteiger partial charge on any atom is 0.329 e. The lowest BCUT2D eigenvalue weighted by Crippen LogP contribution is -2.35. The van der Waals surface area contributed by atoms with Gasteiger partial charge in [-0.3, -0.25) is 19.1 Å². The van der Waals surface area contributed by atoms with Crippen LogP contribution in [0.4, 0.5) is 0 Å². The summed E-state index contributed by atoms with van der Waals surface area (Å²) in [6.45, 7) is 3.47. The fourth-order valence-corrected chi connectivity index (χ4v) is 3.70. The Morgan fingerprint density at radius 2 is 2.04 bits per heavy atom. The van der Waals surface area contributed by atoms with Gasteiger partial charge in [0.05, 0.1) is 12.5 Å². The monoisotopic (exact) mass is 358 g/mol. The van der Waals surface area contributed by atoms with Gasteiger partial charge < -0.3 is 4.74 Å². The molecule has 0 aliphatic heterocycles. The number of nitrogens with one attached hydrogen (secondary N) is 1. The number of thiophene rings is 1. The molecule has 0 bridgehead atoms. The zero-order chi connectivity index (χ0) is 18.1. The van der Waals surface area contributed by atoms with Crippen LogP contribution in [-0.4, -0.2) is 22.4 Å². The van der Waals surface area contributed by atoms with Crippen LogP contribution in [0.3, 0.4) is 0 Å². The highest BCUT2D eigenvalue weighted by Crippen LogP contribution is 2.36. The van der Waals surface area contributed by atoms with Crippen molar-refractivity contribution in [3.8, 4) is 16.9 Å². The molecule has 0 saturated carbocycles. The van der Waals surface area contributed by atoms with E-state index in [9.17, 15) is 14.4 Å². The first-order chi connectivity index (χ1) is 11.9. The first-order valence-electron chi connectivity index (χ1n) is 7.81. The number of aromatic amines is 1. The summed E-state index contributed by atoms with van der Waals surface area (Å²) in [7, 11) is 1.58. The van der Waals surface area contributed by atoms with Gasteiger partial charge in [0.2, 0.25) is 0 Å². The average molecular weight is 358 g/mol. The maximum atomic E-state index is 12.9. The summed E-state index contributed by atoms with van der Waals surface area (Å²) < 4.78 is 6.51. The molecule has 6 nitrogen and oxygen atoms in total. The van der Waals surface area contributed by atoms with E-state index in [-0.39, 0.29) is 24.3 Å². The molecule has 0 fully saturated rings. The molecule has 0 amide bonds. The molecule has 2 heterocycles. The van der Waals surface area contributed by atoms with E-state index in [1.54, 1.807) is 7.11 Å². The minimum absolute atomic E-state index is 0.0691. The molecule has 7 heteroatoms. The molecule has 0 saturated heterocycles. The van der Waals surface area contributed by atoms with E-state index < -0.39 is 5.69 Å². The summed E-state index contributed by atoms with van der Waals surface area (Å²) >= 11 is 1.30. The van der Waals surface area contributed by atoms with Crippen molar-refractivity contribution in [2.75, 3.05) is 7.11 Å². The van der Waals surface area contributed by atoms with E-state index in [1.165, 1.54) is 18.3 Å². The second-order valence-corrected chi connectivity index (χ2v) is 6.78. The number of nitrogens with zero attached hydrogens (tertiary/aromatic N) is 1. The second kappa shape index (κ2) is 6.68. The fourth-order valence-electron chi connectivity index (χ4n) is 2.76. The molecule has 1 N–H and O–H groups in total. The van der Waals surface area contributed by atoms with Crippen molar-refractivity contribution in [1.29, 1.82) is 0 Å². The first-order valence-corrected chi connectivity index (χ1v) is 8.69. The number of aryl methyl sites for hydroxylation is 1. The number of ether oxygens (including phenoxy) is 1. The van der Waals surface area contributed by atoms with Gasteiger partial charge in [-0.15, -0.1) is 11.3 Å². The number of rotatable bonds is 5. The minimum atomic E-state index is -0.497. The van der Waals surface area contributed by atoms with Crippen molar-refractivity contribution in [2.24, 2.45) is 0 Å². The van der Waals surface area contributed by atoms with E-state index in [2.05, 4.69) is 4.98 Å². The van der Waals surface area contributed by atoms with Gasteiger partial charge in [0.25, 0.3) is 5.56 Å². The van der Waals surface area contributed by atoms with Crippen molar-refractivity contribution in [2.45, 2.75) is 26.8 Å². The summed E-state index contributed by atoms with van der Waals surface area (Å²) in [6, 6.07) is 5.74. The zero-order valence-electron chi connectivity index (χ0n) is 14.2. The van der Waals surface area contributed by atoms with E-state index in [4.69, 9.17) is 4.74 Å².